The second kappa shape index (κ2) is 7.55. The van der Waals surface area contributed by atoms with Crippen LogP contribution in [-0.2, 0) is 6.42 Å². The van der Waals surface area contributed by atoms with E-state index in [1.807, 2.05) is 25.2 Å². The van der Waals surface area contributed by atoms with Crippen molar-refractivity contribution in [1.29, 1.82) is 0 Å². The maximum Gasteiger partial charge on any atom is 0.269 e. The van der Waals surface area contributed by atoms with Crippen LogP contribution in [-0.4, -0.2) is 12.0 Å². The van der Waals surface area contributed by atoms with Crippen molar-refractivity contribution in [3.8, 4) is 0 Å². The van der Waals surface area contributed by atoms with Crippen LogP contribution < -0.4 is 5.32 Å². The van der Waals surface area contributed by atoms with Crippen LogP contribution in [0.3, 0.4) is 0 Å². The molecule has 4 nitrogen and oxygen atoms in total. The molecule has 0 spiro atoms. The lowest BCUT2D eigenvalue weighted by molar-refractivity contribution is -0.384. The van der Waals surface area contributed by atoms with E-state index in [0.29, 0.717) is 6.04 Å². The Balaban J connectivity index is 1.87. The summed E-state index contributed by atoms with van der Waals surface area (Å²) in [4.78, 5) is 10.2. The van der Waals surface area contributed by atoms with Crippen molar-refractivity contribution < 1.29 is 4.92 Å². The summed E-state index contributed by atoms with van der Waals surface area (Å²) >= 11 is 0. The van der Waals surface area contributed by atoms with Gasteiger partial charge in [0, 0.05) is 18.2 Å². The van der Waals surface area contributed by atoms with Crippen molar-refractivity contribution in [2.75, 3.05) is 7.05 Å². The lowest BCUT2D eigenvalue weighted by Crippen LogP contribution is -2.16. The highest BCUT2D eigenvalue weighted by Crippen LogP contribution is 2.20. The maximum absolute atomic E-state index is 10.6. The van der Waals surface area contributed by atoms with E-state index in [0.717, 1.165) is 24.8 Å². The van der Waals surface area contributed by atoms with E-state index in [2.05, 4.69) is 29.6 Å². The highest BCUT2D eigenvalue weighted by Gasteiger charge is 2.09. The first-order valence-corrected chi connectivity index (χ1v) is 7.16. The van der Waals surface area contributed by atoms with E-state index in [1.165, 1.54) is 5.56 Å². The predicted octanol–water partition coefficient (Wildman–Crippen LogP) is 3.88. The topological polar surface area (TPSA) is 55.2 Å². The summed E-state index contributed by atoms with van der Waals surface area (Å²) < 4.78 is 0. The third-order valence-electron chi connectivity index (χ3n) is 3.66. The van der Waals surface area contributed by atoms with Gasteiger partial charge in [-0.05, 0) is 37.4 Å². The third-order valence-corrected chi connectivity index (χ3v) is 3.66. The molecule has 1 atom stereocenters. The number of nitro groups is 1. The van der Waals surface area contributed by atoms with Gasteiger partial charge in [-0.1, -0.05) is 42.5 Å². The van der Waals surface area contributed by atoms with Crippen molar-refractivity contribution >= 4 is 5.69 Å². The van der Waals surface area contributed by atoms with E-state index < -0.39 is 0 Å². The Labute approximate surface area is 125 Å². The molecule has 0 bridgehead atoms. The number of aryl methyl sites for hydroxylation is 1. The highest BCUT2D eigenvalue weighted by atomic mass is 16.6. The summed E-state index contributed by atoms with van der Waals surface area (Å²) in [6, 6.07) is 17.6. The first kappa shape index (κ1) is 15.2. The molecule has 4 heteroatoms. The molecule has 0 fully saturated rings. The third kappa shape index (κ3) is 4.39. The molecule has 0 aliphatic carbocycles. The van der Waals surface area contributed by atoms with Gasteiger partial charge in [0.1, 0.15) is 0 Å². The van der Waals surface area contributed by atoms with Crippen LogP contribution in [0.4, 0.5) is 5.69 Å². The number of hydrogen-bond donors (Lipinski definition) is 1. The summed E-state index contributed by atoms with van der Waals surface area (Å²) in [6.07, 6.45) is 3.01. The Morgan fingerprint density at radius 2 is 1.76 bits per heavy atom. The number of nitrogens with zero attached hydrogens (tertiary/aromatic N) is 1. The van der Waals surface area contributed by atoms with Gasteiger partial charge in [0.25, 0.3) is 5.69 Å². The van der Waals surface area contributed by atoms with Crippen LogP contribution in [0.5, 0.6) is 0 Å². The normalized spacial score (nSPS) is 12.0. The summed E-state index contributed by atoms with van der Waals surface area (Å²) in [5.74, 6) is 0. The lowest BCUT2D eigenvalue weighted by atomic mass is 9.99. The number of nitrogens with one attached hydrogen (secondary N) is 1. The average Bonchev–Trinajstić information content (AvgIpc) is 2.53. The molecule has 0 saturated heterocycles. The number of non-ortho nitro benzene ring substituents is 1. The molecule has 0 aliphatic heterocycles. The van der Waals surface area contributed by atoms with Gasteiger partial charge >= 0.3 is 0 Å². The van der Waals surface area contributed by atoms with Gasteiger partial charge in [0.2, 0.25) is 0 Å². The number of nitro benzene ring substituents is 1. The van der Waals surface area contributed by atoms with Gasteiger partial charge < -0.3 is 5.32 Å². The second-order valence-corrected chi connectivity index (χ2v) is 5.07. The monoisotopic (exact) mass is 284 g/mol. The van der Waals surface area contributed by atoms with Gasteiger partial charge in [-0.3, -0.25) is 10.1 Å². The minimum absolute atomic E-state index is 0.149. The Kier molecular flexibility index (Phi) is 5.46. The Bertz CT molecular complexity index is 567. The van der Waals surface area contributed by atoms with Crippen LogP contribution >= 0.6 is 0 Å². The summed E-state index contributed by atoms with van der Waals surface area (Å²) in [6.45, 7) is 0. The van der Waals surface area contributed by atoms with Crippen molar-refractivity contribution in [3.05, 3.63) is 75.8 Å². The molecule has 110 valence electrons. The Hall–Kier alpha value is -2.20. The summed E-state index contributed by atoms with van der Waals surface area (Å²) in [7, 11) is 1.98. The van der Waals surface area contributed by atoms with Crippen molar-refractivity contribution in [2.45, 2.75) is 25.3 Å². The lowest BCUT2D eigenvalue weighted by Gasteiger charge is -2.16. The number of hydrogen-bond acceptors (Lipinski definition) is 3. The number of rotatable bonds is 7. The van der Waals surface area contributed by atoms with Gasteiger partial charge in [0.15, 0.2) is 0 Å². The van der Waals surface area contributed by atoms with Gasteiger partial charge in [-0.25, -0.2) is 0 Å². The minimum Gasteiger partial charge on any atom is -0.313 e. The van der Waals surface area contributed by atoms with E-state index in [4.69, 9.17) is 0 Å². The highest BCUT2D eigenvalue weighted by molar-refractivity contribution is 5.32. The SMILES string of the molecule is CNC(CCCc1ccc([N+](=O)[O-])cc1)c1ccccc1. The Morgan fingerprint density at radius 1 is 1.10 bits per heavy atom. The molecule has 21 heavy (non-hydrogen) atoms. The molecule has 2 rings (SSSR count). The fraction of sp³-hybridized carbons (Fsp3) is 0.294. The van der Waals surface area contributed by atoms with E-state index in [1.54, 1.807) is 12.1 Å². The summed E-state index contributed by atoms with van der Waals surface area (Å²) in [5, 5.41) is 13.9. The van der Waals surface area contributed by atoms with Gasteiger partial charge in [-0.2, -0.15) is 0 Å². The maximum atomic E-state index is 10.6. The molecular weight excluding hydrogens is 264 g/mol. The van der Waals surface area contributed by atoms with Crippen LogP contribution in [0.1, 0.15) is 30.0 Å². The fourth-order valence-electron chi connectivity index (χ4n) is 2.46. The van der Waals surface area contributed by atoms with E-state index >= 15 is 0 Å². The molecule has 0 aliphatic rings. The molecule has 2 aromatic carbocycles. The van der Waals surface area contributed by atoms with Crippen molar-refractivity contribution in [2.24, 2.45) is 0 Å². The first-order valence-electron chi connectivity index (χ1n) is 7.16. The molecule has 1 unspecified atom stereocenters. The van der Waals surface area contributed by atoms with Gasteiger partial charge in [-0.15, -0.1) is 0 Å². The zero-order chi connectivity index (χ0) is 15.1. The molecular formula is C17H20N2O2. The van der Waals surface area contributed by atoms with Crippen LogP contribution in [0.25, 0.3) is 0 Å². The predicted molar refractivity (Wildman–Crippen MR) is 84.3 cm³/mol. The fourth-order valence-corrected chi connectivity index (χ4v) is 2.46. The molecule has 0 aromatic heterocycles. The molecule has 0 radical (unpaired) electrons. The standard InChI is InChI=1S/C17H20N2O2/c1-18-17(15-7-3-2-4-8-15)9-5-6-14-10-12-16(13-11-14)19(20)21/h2-4,7-8,10-13,17-18H,5-6,9H2,1H3. The Morgan fingerprint density at radius 3 is 2.33 bits per heavy atom. The smallest absolute Gasteiger partial charge is 0.269 e. The molecule has 1 N–H and O–H groups in total. The van der Waals surface area contributed by atoms with E-state index in [-0.39, 0.29) is 10.6 Å². The van der Waals surface area contributed by atoms with Crippen LogP contribution in [0, 0.1) is 10.1 Å². The zero-order valence-corrected chi connectivity index (χ0v) is 12.2. The first-order chi connectivity index (χ1) is 10.2. The van der Waals surface area contributed by atoms with Crippen molar-refractivity contribution in [3.63, 3.8) is 0 Å². The molecule has 0 heterocycles. The van der Waals surface area contributed by atoms with Crippen molar-refractivity contribution in [1.82, 2.24) is 5.32 Å². The zero-order valence-electron chi connectivity index (χ0n) is 12.2. The second-order valence-electron chi connectivity index (χ2n) is 5.07. The molecule has 0 amide bonds. The minimum atomic E-state index is -0.365. The summed E-state index contributed by atoms with van der Waals surface area (Å²) in [5.41, 5.74) is 2.59. The van der Waals surface area contributed by atoms with Gasteiger partial charge in [0.05, 0.1) is 4.92 Å². The molecule has 0 saturated carbocycles. The quantitative estimate of drug-likeness (QED) is 0.620. The average molecular weight is 284 g/mol. The van der Waals surface area contributed by atoms with E-state index in [9.17, 15) is 10.1 Å². The number of benzene rings is 2. The van der Waals surface area contributed by atoms with Crippen LogP contribution in [0.15, 0.2) is 54.6 Å². The largest absolute Gasteiger partial charge is 0.313 e. The van der Waals surface area contributed by atoms with Crippen LogP contribution in [0.2, 0.25) is 0 Å². The molecule has 2 aromatic rings.